The van der Waals surface area contributed by atoms with Crippen LogP contribution in [0.5, 0.6) is 0 Å². The Labute approximate surface area is 141 Å². The first-order valence-corrected chi connectivity index (χ1v) is 9.20. The Morgan fingerprint density at radius 3 is 2.52 bits per heavy atom. The maximum absolute atomic E-state index is 12.8. The van der Waals surface area contributed by atoms with Crippen LogP contribution in [0.3, 0.4) is 0 Å². The molecule has 2 aromatic rings. The van der Waals surface area contributed by atoms with Gasteiger partial charge in [0.25, 0.3) is 0 Å². The van der Waals surface area contributed by atoms with Crippen LogP contribution >= 0.6 is 0 Å². The van der Waals surface area contributed by atoms with Crippen molar-refractivity contribution in [3.63, 3.8) is 0 Å². The number of benzene rings is 1. The Balaban J connectivity index is 1.48. The predicted molar refractivity (Wildman–Crippen MR) is 79.2 cm³/mol. The number of alkyl halides is 3. The van der Waals surface area contributed by atoms with Gasteiger partial charge in [-0.05, 0) is 31.0 Å². The zero-order valence-electron chi connectivity index (χ0n) is 12.9. The molecule has 0 atom stereocenters. The fourth-order valence-electron chi connectivity index (χ4n) is 2.69. The molecule has 2 fully saturated rings. The van der Waals surface area contributed by atoms with Gasteiger partial charge >= 0.3 is 6.18 Å². The van der Waals surface area contributed by atoms with Gasteiger partial charge in [-0.2, -0.15) is 22.5 Å². The first-order chi connectivity index (χ1) is 11.7. The van der Waals surface area contributed by atoms with E-state index in [2.05, 4.69) is 10.1 Å². The third-order valence-electron chi connectivity index (χ3n) is 4.40. The van der Waals surface area contributed by atoms with E-state index in [4.69, 9.17) is 4.52 Å². The fourth-order valence-corrected chi connectivity index (χ4v) is 4.27. The quantitative estimate of drug-likeness (QED) is 0.824. The van der Waals surface area contributed by atoms with Gasteiger partial charge in [0.05, 0.1) is 16.4 Å². The van der Waals surface area contributed by atoms with Crippen LogP contribution in [0, 0.1) is 0 Å². The summed E-state index contributed by atoms with van der Waals surface area (Å²) in [6, 6.07) is 3.75. The summed E-state index contributed by atoms with van der Waals surface area (Å²) in [6.07, 6.45) is -2.54. The summed E-state index contributed by atoms with van der Waals surface area (Å²) >= 11 is 0. The minimum atomic E-state index is -4.59. The molecule has 10 heteroatoms. The van der Waals surface area contributed by atoms with Gasteiger partial charge < -0.3 is 4.52 Å². The van der Waals surface area contributed by atoms with Crippen molar-refractivity contribution >= 4 is 10.0 Å². The molecule has 0 unspecified atom stereocenters. The minimum absolute atomic E-state index is 0.116. The number of nitrogens with zero attached hydrogens (tertiary/aromatic N) is 3. The number of rotatable bonds is 4. The molecule has 2 aliphatic rings. The van der Waals surface area contributed by atoms with Crippen molar-refractivity contribution in [2.24, 2.45) is 0 Å². The van der Waals surface area contributed by atoms with Gasteiger partial charge in [0, 0.05) is 19.0 Å². The SMILES string of the molecule is O=S(=O)(c1cccc(C(F)(F)F)c1)N1CC(c2nc(C3CC3)no2)C1. The van der Waals surface area contributed by atoms with Crippen molar-refractivity contribution in [3.05, 3.63) is 41.5 Å². The molecule has 25 heavy (non-hydrogen) atoms. The first kappa shape index (κ1) is 16.5. The largest absolute Gasteiger partial charge is 0.416 e. The van der Waals surface area contributed by atoms with E-state index in [0.29, 0.717) is 23.7 Å². The molecule has 1 aromatic carbocycles. The Morgan fingerprint density at radius 1 is 1.16 bits per heavy atom. The maximum Gasteiger partial charge on any atom is 0.416 e. The maximum atomic E-state index is 12.8. The molecule has 0 spiro atoms. The van der Waals surface area contributed by atoms with Crippen LogP contribution < -0.4 is 0 Å². The first-order valence-electron chi connectivity index (χ1n) is 7.76. The van der Waals surface area contributed by atoms with Crippen LogP contribution in [0.15, 0.2) is 33.7 Å². The second kappa shape index (κ2) is 5.53. The fraction of sp³-hybridized carbons (Fsp3) is 0.467. The van der Waals surface area contributed by atoms with Crippen LogP contribution in [0.25, 0.3) is 0 Å². The van der Waals surface area contributed by atoms with Crippen LogP contribution in [0.4, 0.5) is 13.2 Å². The number of aromatic nitrogens is 2. The van der Waals surface area contributed by atoms with Crippen LogP contribution in [0.2, 0.25) is 0 Å². The van der Waals surface area contributed by atoms with E-state index in [-0.39, 0.29) is 23.9 Å². The van der Waals surface area contributed by atoms with Gasteiger partial charge in [-0.1, -0.05) is 11.2 Å². The highest BCUT2D eigenvalue weighted by atomic mass is 32.2. The van der Waals surface area contributed by atoms with Gasteiger partial charge in [-0.3, -0.25) is 0 Å². The molecule has 1 aromatic heterocycles. The third-order valence-corrected chi connectivity index (χ3v) is 6.22. The third kappa shape index (κ3) is 3.04. The van der Waals surface area contributed by atoms with Crippen LogP contribution in [0.1, 0.15) is 42.0 Å². The van der Waals surface area contributed by atoms with Crippen molar-refractivity contribution in [1.29, 1.82) is 0 Å². The van der Waals surface area contributed by atoms with Crippen molar-refractivity contribution in [1.82, 2.24) is 14.4 Å². The molecule has 1 aliphatic heterocycles. The summed E-state index contributed by atoms with van der Waals surface area (Å²) in [5.74, 6) is 1.15. The summed E-state index contributed by atoms with van der Waals surface area (Å²) in [5.41, 5.74) is -0.989. The zero-order chi connectivity index (χ0) is 17.8. The zero-order valence-corrected chi connectivity index (χ0v) is 13.7. The monoisotopic (exact) mass is 373 g/mol. The van der Waals surface area contributed by atoms with E-state index in [1.807, 2.05) is 0 Å². The average molecular weight is 373 g/mol. The standard InChI is InChI=1S/C15H14F3N3O3S/c16-15(17,18)11-2-1-3-12(6-11)25(22,23)21-7-10(8-21)14-19-13(20-24-14)9-4-5-9/h1-3,6,9-10H,4-5,7-8H2. The molecule has 134 valence electrons. The normalized spacial score (nSPS) is 19.8. The van der Waals surface area contributed by atoms with E-state index >= 15 is 0 Å². The topological polar surface area (TPSA) is 76.3 Å². The number of halogens is 3. The molecule has 0 amide bonds. The molecule has 0 N–H and O–H groups in total. The molecule has 4 rings (SSSR count). The predicted octanol–water partition coefficient (Wildman–Crippen LogP) is 2.75. The number of hydrogen-bond donors (Lipinski definition) is 0. The Morgan fingerprint density at radius 2 is 1.88 bits per heavy atom. The summed E-state index contributed by atoms with van der Waals surface area (Å²) < 4.78 is 69.6. The van der Waals surface area contributed by atoms with E-state index in [1.54, 1.807) is 0 Å². The van der Waals surface area contributed by atoms with Crippen LogP contribution in [-0.2, 0) is 16.2 Å². The van der Waals surface area contributed by atoms with E-state index < -0.39 is 21.8 Å². The summed E-state index contributed by atoms with van der Waals surface area (Å²) in [5, 5.41) is 3.89. The highest BCUT2D eigenvalue weighted by molar-refractivity contribution is 7.89. The molecule has 2 heterocycles. The van der Waals surface area contributed by atoms with E-state index in [9.17, 15) is 21.6 Å². The van der Waals surface area contributed by atoms with Crippen molar-refractivity contribution in [2.45, 2.75) is 35.7 Å². The average Bonchev–Trinajstić information content (AvgIpc) is 3.24. The lowest BCUT2D eigenvalue weighted by Gasteiger charge is -2.35. The van der Waals surface area contributed by atoms with Crippen LogP contribution in [-0.4, -0.2) is 36.0 Å². The van der Waals surface area contributed by atoms with Gasteiger partial charge in [0.15, 0.2) is 5.82 Å². The Kier molecular flexibility index (Phi) is 3.66. The van der Waals surface area contributed by atoms with Crippen molar-refractivity contribution in [3.8, 4) is 0 Å². The molecule has 6 nitrogen and oxygen atoms in total. The number of hydrogen-bond acceptors (Lipinski definition) is 5. The molecule has 1 saturated carbocycles. The lowest BCUT2D eigenvalue weighted by molar-refractivity contribution is -0.137. The smallest absolute Gasteiger partial charge is 0.339 e. The summed E-state index contributed by atoms with van der Waals surface area (Å²) in [7, 11) is -3.98. The Bertz CT molecular complexity index is 900. The second-order valence-corrected chi connectivity index (χ2v) is 8.25. The summed E-state index contributed by atoms with van der Waals surface area (Å²) in [4.78, 5) is 3.91. The molecule has 1 saturated heterocycles. The molecule has 0 bridgehead atoms. The van der Waals surface area contributed by atoms with E-state index in [1.165, 1.54) is 0 Å². The molecule has 0 radical (unpaired) electrons. The highest BCUT2D eigenvalue weighted by Crippen LogP contribution is 2.39. The lowest BCUT2D eigenvalue weighted by atomic mass is 10.0. The molecular weight excluding hydrogens is 359 g/mol. The van der Waals surface area contributed by atoms with Gasteiger partial charge in [0.1, 0.15) is 0 Å². The van der Waals surface area contributed by atoms with Crippen molar-refractivity contribution in [2.75, 3.05) is 13.1 Å². The minimum Gasteiger partial charge on any atom is -0.339 e. The molecule has 1 aliphatic carbocycles. The molecular formula is C15H14F3N3O3S. The Hall–Kier alpha value is -1.94. The van der Waals surface area contributed by atoms with Gasteiger partial charge in [0.2, 0.25) is 15.9 Å². The lowest BCUT2D eigenvalue weighted by Crippen LogP contribution is -2.48. The van der Waals surface area contributed by atoms with Gasteiger partial charge in [-0.25, -0.2) is 8.42 Å². The van der Waals surface area contributed by atoms with E-state index in [0.717, 1.165) is 35.3 Å². The summed E-state index contributed by atoms with van der Waals surface area (Å²) in [6.45, 7) is 0.232. The van der Waals surface area contributed by atoms with Gasteiger partial charge in [-0.15, -0.1) is 0 Å². The second-order valence-electron chi connectivity index (χ2n) is 6.31. The number of sulfonamides is 1. The highest BCUT2D eigenvalue weighted by Gasteiger charge is 2.42. The van der Waals surface area contributed by atoms with Crippen molar-refractivity contribution < 1.29 is 26.1 Å².